The van der Waals surface area contributed by atoms with E-state index in [4.69, 9.17) is 30.9 Å². The van der Waals surface area contributed by atoms with Crippen LogP contribution < -0.4 is 10.1 Å². The minimum Gasteiger partial charge on any atom is -0.489 e. The van der Waals surface area contributed by atoms with Gasteiger partial charge >= 0.3 is 13.7 Å². The molecule has 0 bridgehead atoms. The Hall–Kier alpha value is -2.81. The van der Waals surface area contributed by atoms with Crippen molar-refractivity contribution in [2.24, 2.45) is 0 Å². The summed E-state index contributed by atoms with van der Waals surface area (Å²) in [6.45, 7) is 5.50. The van der Waals surface area contributed by atoms with E-state index in [1.807, 2.05) is 72.8 Å². The number of rotatable bonds is 12. The smallest absolute Gasteiger partial charge is 0.408 e. The molecule has 3 aromatic carbocycles. The number of hydrogen-bond donors (Lipinski definition) is 3. The minimum atomic E-state index is -5.08. The first kappa shape index (κ1) is 32.7. The number of amides is 1. The number of carbonyl (C=O) groups excluding carboxylic acids is 1. The first-order valence-corrected chi connectivity index (χ1v) is 15.8. The number of hydrogen-bond acceptors (Lipinski definition) is 5. The van der Waals surface area contributed by atoms with Crippen LogP contribution in [0.5, 0.6) is 5.75 Å². The Morgan fingerprint density at radius 1 is 1.07 bits per heavy atom. The molecule has 1 amide bonds. The van der Waals surface area contributed by atoms with Gasteiger partial charge in [-0.2, -0.15) is 4.39 Å². The van der Waals surface area contributed by atoms with Gasteiger partial charge in [0, 0.05) is 14.8 Å². The number of aryl methyl sites for hydroxylation is 1. The van der Waals surface area contributed by atoms with Crippen LogP contribution in [0.25, 0.3) is 0 Å². The number of halogens is 2. The average molecular weight is 622 g/mol. The van der Waals surface area contributed by atoms with Gasteiger partial charge in [-0.05, 0) is 87.6 Å². The van der Waals surface area contributed by atoms with Crippen LogP contribution in [-0.4, -0.2) is 27.5 Å². The Morgan fingerprint density at radius 3 is 2.44 bits per heavy atom. The quantitative estimate of drug-likeness (QED) is 0.175. The number of ether oxygens (including phenoxy) is 2. The molecule has 3 rings (SSSR count). The van der Waals surface area contributed by atoms with E-state index in [-0.39, 0.29) is 6.42 Å². The van der Waals surface area contributed by atoms with Crippen LogP contribution in [0.3, 0.4) is 0 Å². The number of nitrogens with one attached hydrogen (secondary N) is 1. The Morgan fingerprint density at radius 2 is 1.78 bits per heavy atom. The van der Waals surface area contributed by atoms with Crippen molar-refractivity contribution in [2.45, 2.75) is 68.1 Å². The van der Waals surface area contributed by atoms with Crippen LogP contribution >= 0.6 is 31.0 Å². The van der Waals surface area contributed by atoms with Crippen LogP contribution in [0.2, 0.25) is 5.02 Å². The van der Waals surface area contributed by atoms with Gasteiger partial charge < -0.3 is 24.6 Å². The summed E-state index contributed by atoms with van der Waals surface area (Å²) in [4.78, 5) is 32.3. The molecule has 0 saturated heterocycles. The molecule has 11 heteroatoms. The van der Waals surface area contributed by atoms with Crippen LogP contribution in [-0.2, 0) is 22.3 Å². The van der Waals surface area contributed by atoms with Crippen molar-refractivity contribution in [3.63, 3.8) is 0 Å². The normalized spacial score (nSPS) is 13.0. The lowest BCUT2D eigenvalue weighted by atomic mass is 10.0. The standard InChI is InChI=1S/C30H34ClFNO6PS/c1-30(2,3)39-29(34)33-23(17-28(32)40(35,36)37)12-7-11-22-15-16-26(19-27(22)31)41-25-14-8-13-24(18-25)38-20-21-9-5-4-6-10-21/h4-6,8-10,13-19,23H,7,11-12,20H2,1-3H3,(H,33,34)(H2,35,36,37)/b28-17+. The SMILES string of the molecule is CC(C)(C)OC(=O)NC(/C=C(\F)P(=O)(O)O)CCCc1ccc(Sc2cccc(OCc3ccccc3)c2)cc1Cl. The second-order valence-corrected chi connectivity index (χ2v) is 13.4. The summed E-state index contributed by atoms with van der Waals surface area (Å²) >= 11 is 8.10. The summed E-state index contributed by atoms with van der Waals surface area (Å²) in [6.07, 6.45) is 1.08. The summed E-state index contributed by atoms with van der Waals surface area (Å²) in [5.41, 5.74) is -0.453. The number of carbonyl (C=O) groups is 1. The molecule has 0 radical (unpaired) electrons. The largest absolute Gasteiger partial charge is 0.489 e. The predicted octanol–water partition coefficient (Wildman–Crippen LogP) is 8.27. The Balaban J connectivity index is 1.59. The van der Waals surface area contributed by atoms with E-state index in [1.54, 1.807) is 32.5 Å². The van der Waals surface area contributed by atoms with Gasteiger partial charge in [0.05, 0.1) is 6.04 Å². The molecule has 7 nitrogen and oxygen atoms in total. The van der Waals surface area contributed by atoms with Crippen LogP contribution in [0, 0.1) is 0 Å². The van der Waals surface area contributed by atoms with Crippen molar-refractivity contribution < 1.29 is 33.0 Å². The van der Waals surface area contributed by atoms with Gasteiger partial charge in [0.1, 0.15) is 18.0 Å². The van der Waals surface area contributed by atoms with E-state index in [0.717, 1.165) is 32.7 Å². The molecular weight excluding hydrogens is 588 g/mol. The second kappa shape index (κ2) is 14.9. The summed E-state index contributed by atoms with van der Waals surface area (Å²) in [7, 11) is -5.08. The van der Waals surface area contributed by atoms with Gasteiger partial charge in [0.15, 0.2) is 0 Å². The molecule has 0 fully saturated rings. The zero-order chi connectivity index (χ0) is 30.0. The van der Waals surface area contributed by atoms with E-state index in [0.29, 0.717) is 24.5 Å². The van der Waals surface area contributed by atoms with Gasteiger partial charge in [-0.15, -0.1) is 0 Å². The maximum absolute atomic E-state index is 14.0. The highest BCUT2D eigenvalue weighted by Crippen LogP contribution is 2.45. The summed E-state index contributed by atoms with van der Waals surface area (Å²) in [5, 5.41) is 3.02. The van der Waals surface area contributed by atoms with Gasteiger partial charge in [0.2, 0.25) is 5.57 Å². The third-order valence-corrected chi connectivity index (χ3v) is 7.63. The van der Waals surface area contributed by atoms with Crippen molar-refractivity contribution in [1.29, 1.82) is 0 Å². The van der Waals surface area contributed by atoms with E-state index >= 15 is 0 Å². The van der Waals surface area contributed by atoms with Gasteiger partial charge in [0.25, 0.3) is 0 Å². The molecule has 3 aromatic rings. The third kappa shape index (κ3) is 11.9. The van der Waals surface area contributed by atoms with Crippen molar-refractivity contribution in [1.82, 2.24) is 5.32 Å². The lowest BCUT2D eigenvalue weighted by Crippen LogP contribution is -2.38. The minimum absolute atomic E-state index is 0.204. The molecule has 0 heterocycles. The van der Waals surface area contributed by atoms with E-state index in [2.05, 4.69) is 5.32 Å². The fourth-order valence-electron chi connectivity index (χ4n) is 3.73. The molecule has 0 saturated carbocycles. The average Bonchev–Trinajstić information content (AvgIpc) is 2.88. The van der Waals surface area contributed by atoms with E-state index in [9.17, 15) is 13.8 Å². The van der Waals surface area contributed by atoms with Crippen molar-refractivity contribution >= 4 is 37.1 Å². The van der Waals surface area contributed by atoms with E-state index < -0.39 is 30.9 Å². The highest BCUT2D eigenvalue weighted by molar-refractivity contribution is 7.99. The van der Waals surface area contributed by atoms with Crippen LogP contribution in [0.1, 0.15) is 44.7 Å². The molecule has 0 spiro atoms. The van der Waals surface area contributed by atoms with Crippen molar-refractivity contribution in [3.8, 4) is 5.75 Å². The summed E-state index contributed by atoms with van der Waals surface area (Å²) in [6, 6.07) is 22.5. The Bertz CT molecular complexity index is 1390. The number of benzene rings is 3. The maximum atomic E-state index is 14.0. The number of alkyl carbamates (subject to hydrolysis) is 1. The zero-order valence-electron chi connectivity index (χ0n) is 23.1. The van der Waals surface area contributed by atoms with Crippen LogP contribution in [0.15, 0.2) is 94.2 Å². The third-order valence-electron chi connectivity index (χ3n) is 5.59. The highest BCUT2D eigenvalue weighted by Gasteiger charge is 2.25. The molecule has 0 aliphatic rings. The van der Waals surface area contributed by atoms with Gasteiger partial charge in [-0.3, -0.25) is 4.57 Å². The highest BCUT2D eigenvalue weighted by atomic mass is 35.5. The fraction of sp³-hybridized carbons (Fsp3) is 0.300. The molecule has 220 valence electrons. The fourth-order valence-corrected chi connectivity index (χ4v) is 5.35. The summed E-state index contributed by atoms with van der Waals surface area (Å²) in [5.74, 6) is 0.764. The molecule has 41 heavy (non-hydrogen) atoms. The lowest BCUT2D eigenvalue weighted by Gasteiger charge is -2.22. The zero-order valence-corrected chi connectivity index (χ0v) is 25.5. The van der Waals surface area contributed by atoms with Gasteiger partial charge in [-0.1, -0.05) is 65.8 Å². The molecule has 1 atom stereocenters. The topological polar surface area (TPSA) is 105 Å². The molecule has 3 N–H and O–H groups in total. The molecule has 0 aliphatic carbocycles. The Labute approximate surface area is 249 Å². The molecule has 0 aliphatic heterocycles. The molecule has 1 unspecified atom stereocenters. The van der Waals surface area contributed by atoms with E-state index in [1.165, 1.54) is 0 Å². The first-order chi connectivity index (χ1) is 19.3. The molecule has 0 aromatic heterocycles. The predicted molar refractivity (Wildman–Crippen MR) is 160 cm³/mol. The Kier molecular flexibility index (Phi) is 11.9. The summed E-state index contributed by atoms with van der Waals surface area (Å²) < 4.78 is 36.4. The van der Waals surface area contributed by atoms with Crippen molar-refractivity contribution in [2.75, 3.05) is 0 Å². The second-order valence-electron chi connectivity index (χ2n) is 10.3. The molecular formula is C30H34ClFNO6PS. The lowest BCUT2D eigenvalue weighted by molar-refractivity contribution is 0.0512. The maximum Gasteiger partial charge on any atom is 0.408 e. The van der Waals surface area contributed by atoms with Crippen LogP contribution in [0.4, 0.5) is 9.18 Å². The first-order valence-electron chi connectivity index (χ1n) is 12.9. The van der Waals surface area contributed by atoms with Crippen molar-refractivity contribution in [3.05, 3.63) is 101 Å². The monoisotopic (exact) mass is 621 g/mol. The van der Waals surface area contributed by atoms with Gasteiger partial charge in [-0.25, -0.2) is 4.79 Å².